The highest BCUT2D eigenvalue weighted by atomic mass is 15.2. The van der Waals surface area contributed by atoms with E-state index in [-0.39, 0.29) is 0 Å². The first kappa shape index (κ1) is 11.7. The van der Waals surface area contributed by atoms with Crippen LogP contribution in [-0.2, 0) is 13.6 Å². The zero-order chi connectivity index (χ0) is 11.4. The summed E-state index contributed by atoms with van der Waals surface area (Å²) in [6.45, 7) is 6.71. The maximum Gasteiger partial charge on any atom is 0.0359 e. The van der Waals surface area contributed by atoms with Crippen LogP contribution in [0.5, 0.6) is 0 Å². The molecule has 0 aromatic carbocycles. The van der Waals surface area contributed by atoms with E-state index < -0.39 is 0 Å². The van der Waals surface area contributed by atoms with Crippen molar-refractivity contribution in [2.75, 3.05) is 19.6 Å². The highest BCUT2D eigenvalue weighted by Gasteiger charge is 2.26. The van der Waals surface area contributed by atoms with E-state index in [4.69, 9.17) is 0 Å². The number of nitrogens with zero attached hydrogens (tertiary/aromatic N) is 2. The van der Waals surface area contributed by atoms with Gasteiger partial charge in [-0.2, -0.15) is 0 Å². The molecule has 0 spiro atoms. The molecule has 1 saturated carbocycles. The first-order valence-electron chi connectivity index (χ1n) is 6.36. The minimum absolute atomic E-state index is 0.891. The second-order valence-electron chi connectivity index (χ2n) is 4.65. The molecule has 0 radical (unpaired) electrons. The smallest absolute Gasteiger partial charge is 0.0359 e. The maximum atomic E-state index is 3.51. The standard InChI is InChI=1S/C13H23N3/c1-3-16(12-6-7-12)10-8-14-11-13-5-4-9-15(13)2/h4-5,9,12,14H,3,6-8,10-11H2,1-2H3. The summed E-state index contributed by atoms with van der Waals surface area (Å²) in [6.07, 6.45) is 4.91. The molecule has 1 aliphatic rings. The van der Waals surface area contributed by atoms with Crippen LogP contribution in [0.2, 0.25) is 0 Å². The van der Waals surface area contributed by atoms with Gasteiger partial charge in [-0.15, -0.1) is 0 Å². The van der Waals surface area contributed by atoms with Crippen molar-refractivity contribution in [2.24, 2.45) is 7.05 Å². The van der Waals surface area contributed by atoms with Gasteiger partial charge in [0, 0.05) is 44.6 Å². The van der Waals surface area contributed by atoms with E-state index in [9.17, 15) is 0 Å². The van der Waals surface area contributed by atoms with Crippen molar-refractivity contribution in [3.8, 4) is 0 Å². The lowest BCUT2D eigenvalue weighted by molar-refractivity contribution is 0.276. The Labute approximate surface area is 98.4 Å². The monoisotopic (exact) mass is 221 g/mol. The molecule has 0 saturated heterocycles. The fourth-order valence-corrected chi connectivity index (χ4v) is 2.16. The molecule has 1 aliphatic carbocycles. The van der Waals surface area contributed by atoms with Crippen LogP contribution < -0.4 is 5.32 Å². The molecule has 0 aliphatic heterocycles. The normalized spacial score (nSPS) is 15.9. The van der Waals surface area contributed by atoms with Crippen molar-refractivity contribution >= 4 is 0 Å². The summed E-state index contributed by atoms with van der Waals surface area (Å²) in [5, 5.41) is 3.51. The van der Waals surface area contributed by atoms with Crippen LogP contribution in [0.1, 0.15) is 25.5 Å². The Morgan fingerprint density at radius 1 is 1.50 bits per heavy atom. The second-order valence-corrected chi connectivity index (χ2v) is 4.65. The van der Waals surface area contributed by atoms with E-state index in [1.807, 2.05) is 0 Å². The summed E-state index contributed by atoms with van der Waals surface area (Å²) < 4.78 is 2.17. The minimum Gasteiger partial charge on any atom is -0.353 e. The third-order valence-electron chi connectivity index (χ3n) is 3.40. The van der Waals surface area contributed by atoms with Crippen LogP contribution in [0.3, 0.4) is 0 Å². The molecule has 1 heterocycles. The summed E-state index contributed by atoms with van der Waals surface area (Å²) in [4.78, 5) is 2.58. The fourth-order valence-electron chi connectivity index (χ4n) is 2.16. The maximum absolute atomic E-state index is 3.51. The third-order valence-corrected chi connectivity index (χ3v) is 3.40. The zero-order valence-corrected chi connectivity index (χ0v) is 10.4. The number of rotatable bonds is 7. The average Bonchev–Trinajstić information content (AvgIpc) is 3.04. The van der Waals surface area contributed by atoms with E-state index in [0.717, 1.165) is 19.1 Å². The van der Waals surface area contributed by atoms with Crippen molar-refractivity contribution in [1.29, 1.82) is 0 Å². The highest BCUT2D eigenvalue weighted by Crippen LogP contribution is 2.25. The van der Waals surface area contributed by atoms with E-state index in [1.165, 1.54) is 31.6 Å². The van der Waals surface area contributed by atoms with Crippen LogP contribution in [0.25, 0.3) is 0 Å². The van der Waals surface area contributed by atoms with Crippen molar-refractivity contribution in [2.45, 2.75) is 32.4 Å². The lowest BCUT2D eigenvalue weighted by atomic mass is 10.4. The van der Waals surface area contributed by atoms with E-state index in [2.05, 4.69) is 47.1 Å². The van der Waals surface area contributed by atoms with Gasteiger partial charge >= 0.3 is 0 Å². The van der Waals surface area contributed by atoms with E-state index >= 15 is 0 Å². The number of aromatic nitrogens is 1. The Morgan fingerprint density at radius 3 is 2.88 bits per heavy atom. The van der Waals surface area contributed by atoms with Gasteiger partial charge in [0.15, 0.2) is 0 Å². The summed E-state index contributed by atoms with van der Waals surface area (Å²) in [5.41, 5.74) is 1.36. The summed E-state index contributed by atoms with van der Waals surface area (Å²) >= 11 is 0. The molecule has 0 unspecified atom stereocenters. The van der Waals surface area contributed by atoms with E-state index in [0.29, 0.717) is 0 Å². The summed E-state index contributed by atoms with van der Waals surface area (Å²) in [7, 11) is 2.10. The van der Waals surface area contributed by atoms with Gasteiger partial charge in [0.2, 0.25) is 0 Å². The van der Waals surface area contributed by atoms with Gasteiger partial charge in [0.25, 0.3) is 0 Å². The first-order chi connectivity index (χ1) is 7.81. The number of likely N-dealkylation sites (N-methyl/N-ethyl adjacent to an activating group) is 1. The Kier molecular flexibility index (Phi) is 4.02. The largest absolute Gasteiger partial charge is 0.353 e. The van der Waals surface area contributed by atoms with Crippen molar-refractivity contribution in [1.82, 2.24) is 14.8 Å². The van der Waals surface area contributed by atoms with Crippen molar-refractivity contribution in [3.63, 3.8) is 0 Å². The predicted molar refractivity (Wildman–Crippen MR) is 67.4 cm³/mol. The quantitative estimate of drug-likeness (QED) is 0.706. The zero-order valence-electron chi connectivity index (χ0n) is 10.4. The molecule has 1 fully saturated rings. The van der Waals surface area contributed by atoms with Gasteiger partial charge in [-0.3, -0.25) is 4.90 Å². The van der Waals surface area contributed by atoms with Gasteiger partial charge < -0.3 is 9.88 Å². The SMILES string of the molecule is CCN(CCNCc1cccn1C)C1CC1. The number of nitrogens with one attached hydrogen (secondary N) is 1. The number of hydrogen-bond acceptors (Lipinski definition) is 2. The average molecular weight is 221 g/mol. The van der Waals surface area contributed by atoms with Gasteiger partial charge in [0.05, 0.1) is 0 Å². The van der Waals surface area contributed by atoms with Crippen LogP contribution >= 0.6 is 0 Å². The molecule has 0 atom stereocenters. The summed E-state index contributed by atoms with van der Waals surface area (Å²) in [6, 6.07) is 5.16. The lowest BCUT2D eigenvalue weighted by Gasteiger charge is -2.19. The molecule has 16 heavy (non-hydrogen) atoms. The molecule has 3 heteroatoms. The molecule has 3 nitrogen and oxygen atoms in total. The number of aryl methyl sites for hydroxylation is 1. The van der Waals surface area contributed by atoms with Gasteiger partial charge in [0.1, 0.15) is 0 Å². The lowest BCUT2D eigenvalue weighted by Crippen LogP contribution is -2.33. The molecule has 1 N–H and O–H groups in total. The minimum atomic E-state index is 0.891. The second kappa shape index (κ2) is 5.51. The Hall–Kier alpha value is -0.800. The molecular formula is C13H23N3. The Balaban J connectivity index is 1.62. The third kappa shape index (κ3) is 3.09. The highest BCUT2D eigenvalue weighted by molar-refractivity contribution is 5.05. The van der Waals surface area contributed by atoms with Gasteiger partial charge in [-0.25, -0.2) is 0 Å². The van der Waals surface area contributed by atoms with Gasteiger partial charge in [-0.05, 0) is 31.5 Å². The molecule has 1 aromatic rings. The van der Waals surface area contributed by atoms with Crippen LogP contribution in [-0.4, -0.2) is 35.1 Å². The molecule has 2 rings (SSSR count). The van der Waals surface area contributed by atoms with Gasteiger partial charge in [-0.1, -0.05) is 6.92 Å². The van der Waals surface area contributed by atoms with Crippen LogP contribution in [0.15, 0.2) is 18.3 Å². The Bertz CT molecular complexity index is 315. The molecule has 0 amide bonds. The van der Waals surface area contributed by atoms with Crippen molar-refractivity contribution in [3.05, 3.63) is 24.0 Å². The molecular weight excluding hydrogens is 198 g/mol. The molecule has 0 bridgehead atoms. The van der Waals surface area contributed by atoms with Crippen LogP contribution in [0, 0.1) is 0 Å². The van der Waals surface area contributed by atoms with Crippen molar-refractivity contribution < 1.29 is 0 Å². The fraction of sp³-hybridized carbons (Fsp3) is 0.692. The predicted octanol–water partition coefficient (Wildman–Crippen LogP) is 1.60. The van der Waals surface area contributed by atoms with Crippen LogP contribution in [0.4, 0.5) is 0 Å². The molecule has 90 valence electrons. The summed E-state index contributed by atoms with van der Waals surface area (Å²) in [5.74, 6) is 0. The van der Waals surface area contributed by atoms with E-state index in [1.54, 1.807) is 0 Å². The molecule has 1 aromatic heterocycles. The number of hydrogen-bond donors (Lipinski definition) is 1. The topological polar surface area (TPSA) is 20.2 Å². The Morgan fingerprint density at radius 2 is 2.31 bits per heavy atom. The first-order valence-corrected chi connectivity index (χ1v) is 6.36.